The molecule has 0 aliphatic carbocycles. The number of imidazole rings is 1. The predicted molar refractivity (Wildman–Crippen MR) is 143 cm³/mol. The summed E-state index contributed by atoms with van der Waals surface area (Å²) in [6.07, 6.45) is 7.36. The maximum atomic E-state index is 14.0. The molecule has 2 aromatic heterocycles. The van der Waals surface area contributed by atoms with Crippen molar-refractivity contribution < 1.29 is 14.3 Å². The van der Waals surface area contributed by atoms with Crippen LogP contribution in [-0.2, 0) is 14.3 Å². The van der Waals surface area contributed by atoms with Gasteiger partial charge in [-0.05, 0) is 75.8 Å². The van der Waals surface area contributed by atoms with E-state index in [9.17, 15) is 9.59 Å². The fourth-order valence-electron chi connectivity index (χ4n) is 5.63. The smallest absolute Gasteiger partial charge is 0.246 e. The van der Waals surface area contributed by atoms with Crippen LogP contribution in [0.2, 0.25) is 0 Å². The number of fused-ring (bicyclic) bond motifs is 1. The molecule has 2 saturated heterocycles. The second kappa shape index (κ2) is 11.0. The number of amides is 2. The minimum Gasteiger partial charge on any atom is -0.381 e. The fourth-order valence-corrected chi connectivity index (χ4v) is 5.63. The number of ether oxygens (including phenoxy) is 1. The van der Waals surface area contributed by atoms with E-state index in [1.165, 1.54) is 5.56 Å². The van der Waals surface area contributed by atoms with E-state index in [2.05, 4.69) is 46.4 Å². The number of aryl methyl sites for hydroxylation is 1. The first-order valence-corrected chi connectivity index (χ1v) is 13.4. The van der Waals surface area contributed by atoms with Crippen LogP contribution in [0.15, 0.2) is 48.8 Å². The summed E-state index contributed by atoms with van der Waals surface area (Å²) in [4.78, 5) is 33.9. The van der Waals surface area contributed by atoms with Gasteiger partial charge in [-0.3, -0.25) is 9.59 Å². The summed E-state index contributed by atoms with van der Waals surface area (Å²) in [7, 11) is 1.75. The summed E-state index contributed by atoms with van der Waals surface area (Å²) < 4.78 is 7.61. The van der Waals surface area contributed by atoms with Crippen molar-refractivity contribution in [3.63, 3.8) is 0 Å². The van der Waals surface area contributed by atoms with Crippen molar-refractivity contribution >= 4 is 17.5 Å². The quantitative estimate of drug-likeness (QED) is 0.515. The minimum atomic E-state index is -0.563. The number of rotatable bonds is 7. The van der Waals surface area contributed by atoms with Gasteiger partial charge in [0.1, 0.15) is 11.7 Å². The first kappa shape index (κ1) is 25.4. The molecule has 8 heteroatoms. The van der Waals surface area contributed by atoms with Crippen LogP contribution in [0, 0.1) is 12.8 Å². The normalized spacial score (nSPS) is 20.2. The Labute approximate surface area is 218 Å². The average Bonchev–Trinajstić information content (AvgIpc) is 3.59. The first-order chi connectivity index (χ1) is 18.0. The Kier molecular flexibility index (Phi) is 7.58. The van der Waals surface area contributed by atoms with Gasteiger partial charge in [0.05, 0.1) is 17.8 Å². The maximum Gasteiger partial charge on any atom is 0.246 e. The standard InChI is InChI=1S/C29H37N5O3/c1-19-8-4-5-9-22(19)23-10-6-14-33-18-24(31-27(23)33)25-11-7-15-34(25)29(36)26(21-12-16-37-17-13-21)32-28(35)20(2)30-3/h4-6,8-10,14,18,20-21,25-26,30H,7,11-13,15-17H2,1-3H3,(H,32,35)/t20-,25-,26-/m0/s1. The van der Waals surface area contributed by atoms with Gasteiger partial charge in [-0.2, -0.15) is 0 Å². The third kappa shape index (κ3) is 5.13. The first-order valence-electron chi connectivity index (χ1n) is 13.4. The largest absolute Gasteiger partial charge is 0.381 e. The van der Waals surface area contributed by atoms with Gasteiger partial charge >= 0.3 is 0 Å². The molecule has 1 aromatic carbocycles. The summed E-state index contributed by atoms with van der Waals surface area (Å²) in [5.74, 6) is -0.106. The number of hydrogen-bond donors (Lipinski definition) is 2. The highest BCUT2D eigenvalue weighted by Crippen LogP contribution is 2.35. The van der Waals surface area contributed by atoms with Crippen molar-refractivity contribution in [3.8, 4) is 11.1 Å². The van der Waals surface area contributed by atoms with Crippen LogP contribution in [-0.4, -0.2) is 65.0 Å². The van der Waals surface area contributed by atoms with Gasteiger partial charge in [0.25, 0.3) is 0 Å². The average molecular weight is 504 g/mol. The van der Waals surface area contributed by atoms with Gasteiger partial charge in [0, 0.05) is 37.7 Å². The number of aromatic nitrogens is 2. The number of hydrogen-bond acceptors (Lipinski definition) is 5. The van der Waals surface area contributed by atoms with Gasteiger partial charge in [0.15, 0.2) is 0 Å². The lowest BCUT2D eigenvalue weighted by Crippen LogP contribution is -2.56. The van der Waals surface area contributed by atoms with Crippen molar-refractivity contribution in [2.45, 2.75) is 57.7 Å². The predicted octanol–water partition coefficient (Wildman–Crippen LogP) is 3.49. The van der Waals surface area contributed by atoms with Gasteiger partial charge in [0.2, 0.25) is 11.8 Å². The fraction of sp³-hybridized carbons (Fsp3) is 0.483. The zero-order chi connectivity index (χ0) is 25.9. The van der Waals surface area contributed by atoms with E-state index >= 15 is 0 Å². The Bertz CT molecular complexity index is 1270. The SMILES string of the molecule is CN[C@@H](C)C(=O)N[C@H](C(=O)N1CCC[C@H]1c1cn2cccc(-c3ccccc3C)c2n1)C1CCOCC1. The number of likely N-dealkylation sites (N-methyl/N-ethyl adjacent to an activating group) is 1. The lowest BCUT2D eigenvalue weighted by molar-refractivity contribution is -0.140. The van der Waals surface area contributed by atoms with Crippen molar-refractivity contribution in [2.75, 3.05) is 26.8 Å². The maximum absolute atomic E-state index is 14.0. The molecule has 3 aromatic rings. The van der Waals surface area contributed by atoms with E-state index in [4.69, 9.17) is 9.72 Å². The molecule has 37 heavy (non-hydrogen) atoms. The Morgan fingerprint density at radius 3 is 2.59 bits per heavy atom. The molecule has 2 fully saturated rings. The molecule has 0 radical (unpaired) electrons. The molecular weight excluding hydrogens is 466 g/mol. The van der Waals surface area contributed by atoms with E-state index in [0.29, 0.717) is 19.8 Å². The van der Waals surface area contributed by atoms with Gasteiger partial charge < -0.3 is 24.7 Å². The van der Waals surface area contributed by atoms with E-state index in [0.717, 1.165) is 48.2 Å². The molecule has 2 aliphatic heterocycles. The third-order valence-electron chi connectivity index (χ3n) is 7.94. The molecule has 8 nitrogen and oxygen atoms in total. The molecule has 0 saturated carbocycles. The van der Waals surface area contributed by atoms with Crippen LogP contribution >= 0.6 is 0 Å². The highest BCUT2D eigenvalue weighted by Gasteiger charge is 2.40. The highest BCUT2D eigenvalue weighted by atomic mass is 16.5. The summed E-state index contributed by atoms with van der Waals surface area (Å²) in [5.41, 5.74) is 5.22. The number of nitrogens with zero attached hydrogens (tertiary/aromatic N) is 3. The van der Waals surface area contributed by atoms with E-state index < -0.39 is 6.04 Å². The zero-order valence-corrected chi connectivity index (χ0v) is 21.9. The molecule has 2 amide bonds. The van der Waals surface area contributed by atoms with Crippen LogP contribution in [0.3, 0.4) is 0 Å². The minimum absolute atomic E-state index is 0.0118. The van der Waals surface area contributed by atoms with Crippen molar-refractivity contribution in [1.29, 1.82) is 0 Å². The van der Waals surface area contributed by atoms with Gasteiger partial charge in [-0.1, -0.05) is 24.3 Å². The van der Waals surface area contributed by atoms with Crippen LogP contribution < -0.4 is 10.6 Å². The van der Waals surface area contributed by atoms with Crippen molar-refractivity contribution in [2.24, 2.45) is 5.92 Å². The van der Waals surface area contributed by atoms with Crippen LogP contribution in [0.5, 0.6) is 0 Å². The highest BCUT2D eigenvalue weighted by molar-refractivity contribution is 5.90. The molecular formula is C29H37N5O3. The second-order valence-electron chi connectivity index (χ2n) is 10.3. The number of nitrogens with one attached hydrogen (secondary N) is 2. The third-order valence-corrected chi connectivity index (χ3v) is 7.94. The van der Waals surface area contributed by atoms with Crippen molar-refractivity contribution in [1.82, 2.24) is 24.9 Å². The summed E-state index contributed by atoms with van der Waals surface area (Å²) in [5, 5.41) is 6.05. The Morgan fingerprint density at radius 1 is 1.08 bits per heavy atom. The molecule has 0 bridgehead atoms. The Morgan fingerprint density at radius 2 is 1.84 bits per heavy atom. The number of likely N-dealkylation sites (tertiary alicyclic amines) is 1. The Hall–Kier alpha value is -3.23. The Balaban J connectivity index is 1.45. The van der Waals surface area contributed by atoms with E-state index in [1.807, 2.05) is 36.2 Å². The molecule has 4 heterocycles. The summed E-state index contributed by atoms with van der Waals surface area (Å²) in [6.45, 7) is 5.81. The zero-order valence-electron chi connectivity index (χ0n) is 21.9. The molecule has 0 spiro atoms. The monoisotopic (exact) mass is 503 g/mol. The number of benzene rings is 1. The van der Waals surface area contributed by atoms with E-state index in [1.54, 1.807) is 7.05 Å². The van der Waals surface area contributed by atoms with Crippen LogP contribution in [0.25, 0.3) is 16.8 Å². The second-order valence-corrected chi connectivity index (χ2v) is 10.3. The van der Waals surface area contributed by atoms with Gasteiger partial charge in [-0.25, -0.2) is 4.98 Å². The lowest BCUT2D eigenvalue weighted by atomic mass is 9.90. The summed E-state index contributed by atoms with van der Waals surface area (Å²) >= 11 is 0. The van der Waals surface area contributed by atoms with E-state index in [-0.39, 0.29) is 29.8 Å². The lowest BCUT2D eigenvalue weighted by Gasteiger charge is -2.35. The van der Waals surface area contributed by atoms with Crippen LogP contribution in [0.4, 0.5) is 0 Å². The number of pyridine rings is 1. The molecule has 5 rings (SSSR count). The molecule has 196 valence electrons. The molecule has 2 N–H and O–H groups in total. The van der Waals surface area contributed by atoms with Crippen molar-refractivity contribution in [3.05, 3.63) is 60.0 Å². The number of carbonyl (C=O) groups excluding carboxylic acids is 2. The molecule has 0 unspecified atom stereocenters. The number of carbonyl (C=O) groups is 2. The van der Waals surface area contributed by atoms with Crippen LogP contribution in [0.1, 0.15) is 49.9 Å². The van der Waals surface area contributed by atoms with Gasteiger partial charge in [-0.15, -0.1) is 0 Å². The topological polar surface area (TPSA) is 88.0 Å². The summed E-state index contributed by atoms with van der Waals surface area (Å²) in [6, 6.07) is 11.4. The molecule has 2 aliphatic rings. The molecule has 3 atom stereocenters.